The Bertz CT molecular complexity index is 900. The van der Waals surface area contributed by atoms with E-state index in [0.29, 0.717) is 24.1 Å². The van der Waals surface area contributed by atoms with Crippen molar-refractivity contribution in [2.24, 2.45) is 17.8 Å². The molecule has 9 heteroatoms. The Morgan fingerprint density at radius 3 is 2.82 bits per heavy atom. The van der Waals surface area contributed by atoms with Gasteiger partial charge in [-0.05, 0) is 63.7 Å². The summed E-state index contributed by atoms with van der Waals surface area (Å²) >= 11 is 3.11. The highest BCUT2D eigenvalue weighted by atomic mass is 32.2. The second-order valence-corrected chi connectivity index (χ2v) is 12.9. The molecule has 0 radical (unpaired) electrons. The summed E-state index contributed by atoms with van der Waals surface area (Å²) in [7, 11) is 0. The second-order valence-electron chi connectivity index (χ2n) is 10.7. The van der Waals surface area contributed by atoms with Crippen molar-refractivity contribution in [2.45, 2.75) is 115 Å². The maximum Gasteiger partial charge on any atom is 0.357 e. The van der Waals surface area contributed by atoms with Crippen LogP contribution in [-0.4, -0.2) is 54.4 Å². The topological polar surface area (TPSA) is 84.0 Å². The van der Waals surface area contributed by atoms with E-state index in [9.17, 15) is 9.59 Å². The molecule has 0 bridgehead atoms. The lowest BCUT2D eigenvalue weighted by molar-refractivity contribution is -0.181. The van der Waals surface area contributed by atoms with Gasteiger partial charge in [-0.25, -0.2) is 9.78 Å². The van der Waals surface area contributed by atoms with E-state index >= 15 is 0 Å². The van der Waals surface area contributed by atoms with Crippen molar-refractivity contribution >= 4 is 35.0 Å². The highest BCUT2D eigenvalue weighted by Crippen LogP contribution is 2.39. The van der Waals surface area contributed by atoms with Crippen LogP contribution in [0.4, 0.5) is 0 Å². The molecule has 0 N–H and O–H groups in total. The van der Waals surface area contributed by atoms with Crippen LogP contribution in [0.2, 0.25) is 0 Å². The maximum absolute atomic E-state index is 11.9. The quantitative estimate of drug-likeness (QED) is 0.113. The number of hydrogen-bond donors (Lipinski definition) is 0. The summed E-state index contributed by atoms with van der Waals surface area (Å²) in [6.45, 7) is 8.95. The lowest BCUT2D eigenvalue weighted by Crippen LogP contribution is -2.28. The van der Waals surface area contributed by atoms with E-state index in [4.69, 9.17) is 18.9 Å². The largest absolute Gasteiger partial charge is 0.462 e. The van der Waals surface area contributed by atoms with E-state index in [-0.39, 0.29) is 36.4 Å². The van der Waals surface area contributed by atoms with Crippen molar-refractivity contribution in [2.75, 3.05) is 19.0 Å². The number of hydrogen-bond acceptors (Lipinski definition) is 9. The third kappa shape index (κ3) is 11.2. The summed E-state index contributed by atoms with van der Waals surface area (Å²) in [4.78, 5) is 28.2. The van der Waals surface area contributed by atoms with Gasteiger partial charge in [-0.1, -0.05) is 57.0 Å². The number of rotatable bonds is 16. The van der Waals surface area contributed by atoms with E-state index in [1.54, 1.807) is 24.1 Å². The molecule has 0 amide bonds. The Labute approximate surface area is 242 Å². The molecule has 1 aromatic rings. The van der Waals surface area contributed by atoms with Crippen LogP contribution in [0, 0.1) is 17.8 Å². The molecule has 0 spiro atoms. The SMILES string of the molecule is CCCC[C@H](C)C[C@@H](/C=C/[C@@H]1CC[C@H](OC(C)=O)[C@@H]1CCSc1nc(C(=O)OCC)cs1)OC1CCCCO1. The minimum atomic E-state index is -0.379. The fraction of sp³-hybridized carbons (Fsp3) is 0.767. The Morgan fingerprint density at radius 1 is 1.26 bits per heavy atom. The van der Waals surface area contributed by atoms with Crippen molar-refractivity contribution in [3.05, 3.63) is 23.2 Å². The average molecular weight is 582 g/mol. The highest BCUT2D eigenvalue weighted by molar-refractivity contribution is 8.01. The Hall–Kier alpha value is -1.42. The van der Waals surface area contributed by atoms with Crippen molar-refractivity contribution in [1.82, 2.24) is 4.98 Å². The minimum absolute atomic E-state index is 0.0272. The van der Waals surface area contributed by atoms with Crippen LogP contribution in [0.1, 0.15) is 102 Å². The minimum Gasteiger partial charge on any atom is -0.462 e. The van der Waals surface area contributed by atoms with Gasteiger partial charge in [0.2, 0.25) is 0 Å². The molecule has 1 saturated heterocycles. The van der Waals surface area contributed by atoms with E-state index in [0.717, 1.165) is 61.6 Å². The molecule has 0 aromatic carbocycles. The van der Waals surface area contributed by atoms with E-state index in [1.165, 1.54) is 37.5 Å². The molecule has 1 aliphatic heterocycles. The first-order valence-corrected chi connectivity index (χ1v) is 16.6. The van der Waals surface area contributed by atoms with Crippen molar-refractivity contribution < 1.29 is 28.5 Å². The molecule has 3 rings (SSSR count). The van der Waals surface area contributed by atoms with Gasteiger partial charge in [0.05, 0.1) is 12.7 Å². The lowest BCUT2D eigenvalue weighted by Gasteiger charge is -2.28. The molecule has 1 unspecified atom stereocenters. The van der Waals surface area contributed by atoms with Gasteiger partial charge in [-0.15, -0.1) is 11.3 Å². The molecule has 1 aliphatic carbocycles. The van der Waals surface area contributed by atoms with Gasteiger partial charge in [0.25, 0.3) is 0 Å². The third-order valence-corrected chi connectivity index (χ3v) is 9.55. The van der Waals surface area contributed by atoms with Crippen LogP contribution in [-0.2, 0) is 23.7 Å². The van der Waals surface area contributed by atoms with Crippen molar-refractivity contribution in [3.63, 3.8) is 0 Å². The molecule has 2 aliphatic rings. The van der Waals surface area contributed by atoms with Gasteiger partial charge in [0.15, 0.2) is 16.3 Å². The van der Waals surface area contributed by atoms with Crippen LogP contribution in [0.5, 0.6) is 0 Å². The molecule has 39 heavy (non-hydrogen) atoms. The van der Waals surface area contributed by atoms with Crippen LogP contribution in [0.15, 0.2) is 21.9 Å². The number of ether oxygens (including phenoxy) is 4. The smallest absolute Gasteiger partial charge is 0.357 e. The third-order valence-electron chi connectivity index (χ3n) is 7.50. The summed E-state index contributed by atoms with van der Waals surface area (Å²) in [6, 6.07) is 0. The van der Waals surface area contributed by atoms with E-state index < -0.39 is 0 Å². The fourth-order valence-electron chi connectivity index (χ4n) is 5.49. The number of allylic oxidation sites excluding steroid dienone is 1. The van der Waals surface area contributed by atoms with Crippen LogP contribution < -0.4 is 0 Å². The highest BCUT2D eigenvalue weighted by Gasteiger charge is 2.36. The number of thiazole rings is 1. The first-order valence-electron chi connectivity index (χ1n) is 14.8. The lowest BCUT2D eigenvalue weighted by atomic mass is 9.90. The normalized spacial score (nSPS) is 25.0. The zero-order valence-electron chi connectivity index (χ0n) is 24.1. The molecular weight excluding hydrogens is 534 g/mol. The molecule has 1 aromatic heterocycles. The number of carbonyl (C=O) groups is 2. The van der Waals surface area contributed by atoms with Gasteiger partial charge in [-0.2, -0.15) is 0 Å². The molecule has 2 fully saturated rings. The fourth-order valence-corrected chi connectivity index (χ4v) is 7.40. The van der Waals surface area contributed by atoms with Gasteiger partial charge in [0.1, 0.15) is 6.10 Å². The Balaban J connectivity index is 1.63. The monoisotopic (exact) mass is 581 g/mol. The molecule has 6 atom stereocenters. The van der Waals surface area contributed by atoms with Crippen LogP contribution in [0.25, 0.3) is 0 Å². The summed E-state index contributed by atoms with van der Waals surface area (Å²) in [5.74, 6) is 1.40. The molecular formula is C30H47NO6S2. The Kier molecular flexibility index (Phi) is 14.3. The molecule has 2 heterocycles. The summed E-state index contributed by atoms with van der Waals surface area (Å²) in [5, 5.41) is 1.75. The van der Waals surface area contributed by atoms with Gasteiger partial charge < -0.3 is 18.9 Å². The Morgan fingerprint density at radius 2 is 2.10 bits per heavy atom. The number of nitrogens with zero attached hydrogens (tertiary/aromatic N) is 1. The van der Waals surface area contributed by atoms with Crippen LogP contribution in [0.3, 0.4) is 0 Å². The summed E-state index contributed by atoms with van der Waals surface area (Å²) in [5.41, 5.74) is 0.366. The van der Waals surface area contributed by atoms with Crippen molar-refractivity contribution in [1.29, 1.82) is 0 Å². The number of unbranched alkanes of at least 4 members (excludes halogenated alkanes) is 1. The maximum atomic E-state index is 11.9. The number of thioether (sulfide) groups is 1. The zero-order valence-corrected chi connectivity index (χ0v) is 25.7. The first kappa shape index (κ1) is 32.1. The molecule has 7 nitrogen and oxygen atoms in total. The van der Waals surface area contributed by atoms with E-state index in [1.807, 2.05) is 0 Å². The zero-order chi connectivity index (χ0) is 28.0. The van der Waals surface area contributed by atoms with Gasteiger partial charge in [-0.3, -0.25) is 4.79 Å². The van der Waals surface area contributed by atoms with Crippen LogP contribution >= 0.6 is 23.1 Å². The number of esters is 2. The van der Waals surface area contributed by atoms with Gasteiger partial charge >= 0.3 is 11.9 Å². The van der Waals surface area contributed by atoms with Crippen molar-refractivity contribution in [3.8, 4) is 0 Å². The van der Waals surface area contributed by atoms with Gasteiger partial charge in [0, 0.05) is 30.6 Å². The average Bonchev–Trinajstić information content (AvgIpc) is 3.54. The number of aromatic nitrogens is 1. The predicted octanol–water partition coefficient (Wildman–Crippen LogP) is 7.44. The standard InChI is InChI=1S/C30H47NO6S2/c1-5-7-10-21(3)19-24(37-28-11-8-9-17-35-28)14-12-23-13-15-27(36-22(4)32)25(23)16-18-38-30-31-26(20-39-30)29(33)34-6-2/h12,14,20-21,23-25,27-28H,5-11,13,15-19H2,1-4H3/b14-12+/t21-,23+,24+,25+,27-,28?/m0/s1. The number of carbonyl (C=O) groups excluding carboxylic acids is 2. The molecule has 1 saturated carbocycles. The summed E-state index contributed by atoms with van der Waals surface area (Å²) < 4.78 is 24.0. The summed E-state index contributed by atoms with van der Waals surface area (Å²) in [6.07, 6.45) is 15.0. The van der Waals surface area contributed by atoms with E-state index in [2.05, 4.69) is 31.0 Å². The second kappa shape index (κ2) is 17.4. The predicted molar refractivity (Wildman–Crippen MR) is 156 cm³/mol. The molecule has 220 valence electrons. The first-order chi connectivity index (χ1) is 18.9.